The minimum atomic E-state index is -0.279. The maximum atomic E-state index is 14.4. The average molecular weight is 403 g/mol. The number of halogens is 1. The molecule has 1 heterocycles. The summed E-state index contributed by atoms with van der Waals surface area (Å²) in [6, 6.07) is 5.52. The number of aliphatic imine (C=N–C) groups is 1. The van der Waals surface area contributed by atoms with Gasteiger partial charge in [-0.25, -0.2) is 14.4 Å². The molecule has 1 aromatic heterocycles. The van der Waals surface area contributed by atoms with Crippen molar-refractivity contribution in [2.45, 2.75) is 53.1 Å². The highest BCUT2D eigenvalue weighted by Gasteiger charge is 2.08. The van der Waals surface area contributed by atoms with Crippen LogP contribution in [0.15, 0.2) is 41.9 Å². The van der Waals surface area contributed by atoms with Gasteiger partial charge in [-0.1, -0.05) is 19.9 Å². The summed E-state index contributed by atoms with van der Waals surface area (Å²) in [4.78, 5) is 11.0. The van der Waals surface area contributed by atoms with E-state index < -0.39 is 0 Å². The topological polar surface area (TPSA) is 57.5 Å². The molecule has 0 fully saturated rings. The third-order valence-electron chi connectivity index (χ3n) is 4.95. The quantitative estimate of drug-likeness (QED) is 0.446. The second-order valence-electron chi connectivity index (χ2n) is 7.17. The molecule has 0 spiro atoms. The highest BCUT2D eigenvalue weighted by molar-refractivity contribution is 5.80. The molecule has 1 unspecified atom stereocenters. The van der Waals surface area contributed by atoms with E-state index in [1.165, 1.54) is 6.07 Å². The zero-order valence-electron chi connectivity index (χ0n) is 18.2. The van der Waals surface area contributed by atoms with Gasteiger partial charge in [0.25, 0.3) is 0 Å². The van der Waals surface area contributed by atoms with Gasteiger partial charge < -0.3 is 20.1 Å². The summed E-state index contributed by atoms with van der Waals surface area (Å²) in [5, 5.41) is 6.74. The van der Waals surface area contributed by atoms with E-state index in [1.54, 1.807) is 29.4 Å². The molecule has 2 N–H and O–H groups in total. The molecule has 1 aromatic carbocycles. The second kappa shape index (κ2) is 12.2. The molecule has 0 radical (unpaired) electrons. The second-order valence-corrected chi connectivity index (χ2v) is 7.17. The summed E-state index contributed by atoms with van der Waals surface area (Å²) in [6.45, 7) is 13.1. The van der Waals surface area contributed by atoms with E-state index in [0.717, 1.165) is 50.5 Å². The lowest BCUT2D eigenvalue weighted by Gasteiger charge is -2.21. The van der Waals surface area contributed by atoms with Crippen molar-refractivity contribution in [3.05, 3.63) is 48.3 Å². The number of hydrogen-bond acceptors (Lipinski definition) is 3. The molecule has 0 saturated heterocycles. The van der Waals surface area contributed by atoms with Crippen LogP contribution in [-0.2, 0) is 6.54 Å². The van der Waals surface area contributed by atoms with Crippen LogP contribution in [0.5, 0.6) is 0 Å². The van der Waals surface area contributed by atoms with E-state index in [-0.39, 0.29) is 5.82 Å². The molecule has 2 aromatic rings. The average Bonchev–Trinajstić information content (AvgIpc) is 3.24. The highest BCUT2D eigenvalue weighted by atomic mass is 19.1. The first-order chi connectivity index (χ1) is 14.1. The molecular formula is C22H35FN6. The Morgan fingerprint density at radius 3 is 2.69 bits per heavy atom. The van der Waals surface area contributed by atoms with Crippen molar-refractivity contribution in [1.29, 1.82) is 0 Å². The Hall–Kier alpha value is -2.41. The van der Waals surface area contributed by atoms with Crippen molar-refractivity contribution in [2.75, 3.05) is 26.2 Å². The van der Waals surface area contributed by atoms with Crippen molar-refractivity contribution >= 4 is 5.96 Å². The number of hydrogen-bond donors (Lipinski definition) is 2. The fourth-order valence-electron chi connectivity index (χ4n) is 3.22. The normalized spacial score (nSPS) is 13.0. The molecule has 0 aliphatic rings. The fraction of sp³-hybridized carbons (Fsp3) is 0.545. The molecule has 0 saturated carbocycles. The first kappa shape index (κ1) is 22.9. The third-order valence-corrected chi connectivity index (χ3v) is 4.95. The molecule has 0 bridgehead atoms. The first-order valence-electron chi connectivity index (χ1n) is 10.6. The van der Waals surface area contributed by atoms with E-state index in [2.05, 4.69) is 46.3 Å². The molecular weight excluding hydrogens is 367 g/mol. The van der Waals surface area contributed by atoms with Crippen LogP contribution in [0.25, 0.3) is 5.69 Å². The fourth-order valence-corrected chi connectivity index (χ4v) is 3.22. The summed E-state index contributed by atoms with van der Waals surface area (Å²) in [7, 11) is 0. The van der Waals surface area contributed by atoms with Crippen LogP contribution < -0.4 is 10.6 Å². The van der Waals surface area contributed by atoms with Crippen molar-refractivity contribution < 1.29 is 4.39 Å². The number of aromatic nitrogens is 2. The van der Waals surface area contributed by atoms with Gasteiger partial charge in [-0.3, -0.25) is 0 Å². The van der Waals surface area contributed by atoms with Gasteiger partial charge in [-0.05, 0) is 64.0 Å². The minimum absolute atomic E-state index is 0.279. The van der Waals surface area contributed by atoms with Crippen molar-refractivity contribution in [3.8, 4) is 5.69 Å². The number of nitrogens with one attached hydrogen (secondary N) is 2. The predicted molar refractivity (Wildman–Crippen MR) is 118 cm³/mol. The monoisotopic (exact) mass is 402 g/mol. The summed E-state index contributed by atoms with van der Waals surface area (Å²) in [5.41, 5.74) is 1.32. The largest absolute Gasteiger partial charge is 0.357 e. The van der Waals surface area contributed by atoms with Crippen LogP contribution in [0.4, 0.5) is 4.39 Å². The smallest absolute Gasteiger partial charge is 0.191 e. The van der Waals surface area contributed by atoms with E-state index in [9.17, 15) is 4.39 Å². The van der Waals surface area contributed by atoms with E-state index in [4.69, 9.17) is 0 Å². The van der Waals surface area contributed by atoms with E-state index in [0.29, 0.717) is 18.3 Å². The lowest BCUT2D eigenvalue weighted by molar-refractivity contribution is 0.292. The van der Waals surface area contributed by atoms with Gasteiger partial charge in [0, 0.05) is 25.0 Å². The van der Waals surface area contributed by atoms with Crippen LogP contribution in [0, 0.1) is 5.82 Å². The van der Waals surface area contributed by atoms with Crippen LogP contribution in [-0.4, -0.2) is 52.6 Å². The number of guanidine groups is 1. The zero-order valence-corrected chi connectivity index (χ0v) is 18.2. The summed E-state index contributed by atoms with van der Waals surface area (Å²) >= 11 is 0. The molecule has 7 heteroatoms. The van der Waals surface area contributed by atoms with Gasteiger partial charge in [0.1, 0.15) is 5.82 Å². The third kappa shape index (κ3) is 7.49. The van der Waals surface area contributed by atoms with Gasteiger partial charge >= 0.3 is 0 Å². The Labute approximate surface area is 174 Å². The number of imidazole rings is 1. The SMILES string of the molecule is CCNC(=NCc1ccc(-n2ccnc2)c(F)c1)NC(C)CCCN(CC)CC. The molecule has 0 amide bonds. The van der Waals surface area contributed by atoms with Gasteiger partial charge in [0.2, 0.25) is 0 Å². The molecule has 2 rings (SSSR count). The Balaban J connectivity index is 1.92. The standard InChI is InChI=1S/C22H35FN6/c1-5-25-22(27-18(4)9-8-13-28(6-2)7-3)26-16-19-10-11-21(20(23)15-19)29-14-12-24-17-29/h10-12,14-15,17-18H,5-9,13,16H2,1-4H3,(H2,25,26,27). The maximum Gasteiger partial charge on any atom is 0.191 e. The first-order valence-corrected chi connectivity index (χ1v) is 10.6. The maximum absolute atomic E-state index is 14.4. The molecule has 29 heavy (non-hydrogen) atoms. The minimum Gasteiger partial charge on any atom is -0.357 e. The van der Waals surface area contributed by atoms with Crippen molar-refractivity contribution in [3.63, 3.8) is 0 Å². The van der Waals surface area contributed by atoms with Gasteiger partial charge in [0.15, 0.2) is 5.96 Å². The molecule has 0 aliphatic carbocycles. The van der Waals surface area contributed by atoms with Gasteiger partial charge in [-0.15, -0.1) is 0 Å². The molecule has 6 nitrogen and oxygen atoms in total. The lowest BCUT2D eigenvalue weighted by atomic mass is 10.1. The Kier molecular flexibility index (Phi) is 9.64. The van der Waals surface area contributed by atoms with Crippen LogP contribution in [0.3, 0.4) is 0 Å². The van der Waals surface area contributed by atoms with Gasteiger partial charge in [-0.2, -0.15) is 0 Å². The van der Waals surface area contributed by atoms with Crippen molar-refractivity contribution in [1.82, 2.24) is 25.1 Å². The molecule has 1 atom stereocenters. The number of nitrogens with zero attached hydrogens (tertiary/aromatic N) is 4. The molecule has 160 valence electrons. The van der Waals surface area contributed by atoms with Crippen LogP contribution in [0.2, 0.25) is 0 Å². The molecule has 0 aliphatic heterocycles. The Bertz CT molecular complexity index is 740. The highest BCUT2D eigenvalue weighted by Crippen LogP contribution is 2.15. The number of rotatable bonds is 11. The summed E-state index contributed by atoms with van der Waals surface area (Å²) in [5.74, 6) is 0.486. The summed E-state index contributed by atoms with van der Waals surface area (Å²) < 4.78 is 16.1. The lowest BCUT2D eigenvalue weighted by Crippen LogP contribution is -2.42. The van der Waals surface area contributed by atoms with Gasteiger partial charge in [0.05, 0.1) is 18.6 Å². The zero-order chi connectivity index (χ0) is 21.1. The van der Waals surface area contributed by atoms with E-state index >= 15 is 0 Å². The number of benzene rings is 1. The summed E-state index contributed by atoms with van der Waals surface area (Å²) in [6.07, 6.45) is 7.18. The van der Waals surface area contributed by atoms with E-state index in [1.807, 2.05) is 13.0 Å². The van der Waals surface area contributed by atoms with Crippen molar-refractivity contribution in [2.24, 2.45) is 4.99 Å². The Morgan fingerprint density at radius 2 is 2.07 bits per heavy atom. The van der Waals surface area contributed by atoms with Crippen LogP contribution in [0.1, 0.15) is 46.1 Å². The van der Waals surface area contributed by atoms with Crippen LogP contribution >= 0.6 is 0 Å². The predicted octanol–water partition coefficient (Wildman–Crippen LogP) is 3.58. The Morgan fingerprint density at radius 1 is 1.28 bits per heavy atom.